The van der Waals surface area contributed by atoms with Gasteiger partial charge in [-0.1, -0.05) is 155 Å². The average molecular weight is 754 g/mol. The van der Waals surface area contributed by atoms with E-state index in [0.29, 0.717) is 0 Å². The number of fused-ring (bicyclic) bond motifs is 2. The molecule has 4 aromatic rings. The van der Waals surface area contributed by atoms with Gasteiger partial charge in [0.25, 0.3) is 0 Å². The molecule has 0 radical (unpaired) electrons. The second kappa shape index (κ2) is 14.1. The van der Waals surface area contributed by atoms with Crippen LogP contribution in [0.3, 0.4) is 0 Å². The van der Waals surface area contributed by atoms with Crippen LogP contribution in [0.25, 0.3) is 21.5 Å². The van der Waals surface area contributed by atoms with Crippen LogP contribution in [-0.4, -0.2) is 10.6 Å². The number of hydrogen-bond donors (Lipinski definition) is 1. The van der Waals surface area contributed by atoms with E-state index >= 15 is 0 Å². The molecule has 296 valence electrons. The number of rotatable bonds is 5. The lowest BCUT2D eigenvalue weighted by atomic mass is 9.76. The highest BCUT2D eigenvalue weighted by Gasteiger charge is 2.54. The standard InChI is InChI=1S/C50H74O3P/c1-45(2,3)34-24-32-26-41(49(13,14)15)43(30-37(32)39(28-34)47(7,8)9)52-54(51,36-22-20-19-21-23-36)53-44-31-38-33(27-42(44)50(16,17)18)25-35(46(4,5)6)29-40(38)48(10,11)12/h24-31,36,51H,19-23H2,1-18H3/q+1. The molecular weight excluding hydrogens is 680 g/mol. The fourth-order valence-electron chi connectivity index (χ4n) is 8.07. The molecule has 0 bridgehead atoms. The molecule has 0 aromatic heterocycles. The monoisotopic (exact) mass is 754 g/mol. The van der Waals surface area contributed by atoms with Gasteiger partial charge in [-0.2, -0.15) is 4.89 Å². The summed E-state index contributed by atoms with van der Waals surface area (Å²) >= 11 is 0. The summed E-state index contributed by atoms with van der Waals surface area (Å²) in [5.74, 6) is 1.49. The van der Waals surface area contributed by atoms with E-state index in [2.05, 4.69) is 173 Å². The average Bonchev–Trinajstić information content (AvgIpc) is 3.00. The van der Waals surface area contributed by atoms with Crippen molar-refractivity contribution >= 4 is 29.5 Å². The van der Waals surface area contributed by atoms with Crippen molar-refractivity contribution in [2.75, 3.05) is 0 Å². The molecule has 1 aliphatic rings. The Kier molecular flexibility index (Phi) is 11.1. The third-order valence-corrected chi connectivity index (χ3v) is 13.9. The molecule has 4 heteroatoms. The van der Waals surface area contributed by atoms with E-state index in [1.54, 1.807) is 0 Å². The Morgan fingerprint density at radius 1 is 0.426 bits per heavy atom. The fourth-order valence-corrected chi connectivity index (χ4v) is 10.3. The van der Waals surface area contributed by atoms with Gasteiger partial charge in [0, 0.05) is 11.1 Å². The van der Waals surface area contributed by atoms with Crippen molar-refractivity contribution in [3.63, 3.8) is 0 Å². The van der Waals surface area contributed by atoms with Gasteiger partial charge in [-0.05, 0) is 126 Å². The van der Waals surface area contributed by atoms with E-state index in [1.807, 2.05) is 0 Å². The maximum absolute atomic E-state index is 13.3. The van der Waals surface area contributed by atoms with Crippen molar-refractivity contribution in [1.82, 2.24) is 0 Å². The van der Waals surface area contributed by atoms with Crippen LogP contribution in [0, 0.1) is 0 Å². The Morgan fingerprint density at radius 3 is 1.06 bits per heavy atom. The second-order valence-electron chi connectivity index (χ2n) is 22.7. The van der Waals surface area contributed by atoms with E-state index in [9.17, 15) is 4.89 Å². The third kappa shape index (κ3) is 8.99. The highest BCUT2D eigenvalue weighted by molar-refractivity contribution is 7.62. The summed E-state index contributed by atoms with van der Waals surface area (Å²) < 4.78 is 14.5. The first-order chi connectivity index (χ1) is 24.4. The van der Waals surface area contributed by atoms with Crippen LogP contribution < -0.4 is 9.05 Å². The van der Waals surface area contributed by atoms with Crippen LogP contribution in [0.2, 0.25) is 0 Å². The van der Waals surface area contributed by atoms with E-state index in [0.717, 1.165) is 48.3 Å². The molecule has 5 rings (SSSR count). The lowest BCUT2D eigenvalue weighted by Gasteiger charge is -2.33. The minimum Gasteiger partial charge on any atom is -0.277 e. The molecule has 0 saturated heterocycles. The molecule has 0 spiro atoms. The molecule has 0 atom stereocenters. The van der Waals surface area contributed by atoms with Crippen molar-refractivity contribution in [1.29, 1.82) is 0 Å². The molecule has 4 aromatic carbocycles. The molecular formula is C50H74O3P+. The zero-order valence-corrected chi connectivity index (χ0v) is 38.3. The van der Waals surface area contributed by atoms with Crippen molar-refractivity contribution < 1.29 is 13.9 Å². The summed E-state index contributed by atoms with van der Waals surface area (Å²) in [4.78, 5) is 13.3. The summed E-state index contributed by atoms with van der Waals surface area (Å²) in [7, 11) is -3.52. The summed E-state index contributed by atoms with van der Waals surface area (Å²) in [5.41, 5.74) is 6.76. The fraction of sp³-hybridized carbons (Fsp3) is 0.600. The lowest BCUT2D eigenvalue weighted by Crippen LogP contribution is -2.27. The topological polar surface area (TPSA) is 38.7 Å². The van der Waals surface area contributed by atoms with Gasteiger partial charge in [-0.15, -0.1) is 0 Å². The lowest BCUT2D eigenvalue weighted by molar-refractivity contribution is 0.306. The predicted octanol–water partition coefficient (Wildman–Crippen LogP) is 15.3. The van der Waals surface area contributed by atoms with Crippen LogP contribution in [0.4, 0.5) is 0 Å². The first-order valence-corrected chi connectivity index (χ1v) is 22.3. The Labute approximate surface area is 330 Å². The maximum Gasteiger partial charge on any atom is 0.498 e. The minimum atomic E-state index is -3.52. The molecule has 0 aliphatic heterocycles. The minimum absolute atomic E-state index is 0.0116. The quantitative estimate of drug-likeness (QED) is 0.206. The van der Waals surface area contributed by atoms with E-state index in [-0.39, 0.29) is 38.1 Å². The normalized spacial score (nSPS) is 16.0. The number of benzene rings is 4. The van der Waals surface area contributed by atoms with Crippen molar-refractivity contribution in [2.45, 2.75) is 195 Å². The van der Waals surface area contributed by atoms with E-state index in [1.165, 1.54) is 50.2 Å². The molecule has 54 heavy (non-hydrogen) atoms. The van der Waals surface area contributed by atoms with Crippen LogP contribution in [0.1, 0.15) is 190 Å². The molecule has 0 amide bonds. The van der Waals surface area contributed by atoms with Crippen LogP contribution in [0.15, 0.2) is 48.5 Å². The molecule has 1 N–H and O–H groups in total. The van der Waals surface area contributed by atoms with E-state index in [4.69, 9.17) is 9.05 Å². The van der Waals surface area contributed by atoms with Crippen LogP contribution in [-0.2, 0) is 32.5 Å². The predicted molar refractivity (Wildman–Crippen MR) is 237 cm³/mol. The summed E-state index contributed by atoms with van der Waals surface area (Å²) in [6.45, 7) is 41.0. The van der Waals surface area contributed by atoms with Gasteiger partial charge in [0.15, 0.2) is 17.2 Å². The first kappa shape index (κ1) is 42.5. The Bertz CT molecular complexity index is 1870. The Hall–Kier alpha value is -2.61. The van der Waals surface area contributed by atoms with Gasteiger partial charge < -0.3 is 0 Å². The smallest absolute Gasteiger partial charge is 0.277 e. The first-order valence-electron chi connectivity index (χ1n) is 20.7. The Balaban J connectivity index is 1.79. The molecule has 1 saturated carbocycles. The van der Waals surface area contributed by atoms with Crippen molar-refractivity contribution in [3.8, 4) is 11.5 Å². The summed E-state index contributed by atoms with van der Waals surface area (Å²) in [6.07, 6.45) is 5.11. The maximum atomic E-state index is 13.3. The Morgan fingerprint density at radius 2 is 0.759 bits per heavy atom. The molecule has 0 unspecified atom stereocenters. The molecule has 0 heterocycles. The SMILES string of the molecule is CC(C)(C)c1cc(C(C)(C)C)c2cc(O[P+](O)(Oc3cc4c(C(C)(C)C)cc(C(C)(C)C)cc4cc3C(C)(C)C)C3CCCCC3)c(C(C)(C)C)cc2c1. The van der Waals surface area contributed by atoms with Gasteiger partial charge >= 0.3 is 7.94 Å². The van der Waals surface area contributed by atoms with Crippen LogP contribution in [0.5, 0.6) is 11.5 Å². The second-order valence-corrected chi connectivity index (χ2v) is 24.9. The van der Waals surface area contributed by atoms with Gasteiger partial charge in [0.1, 0.15) is 0 Å². The molecule has 3 nitrogen and oxygen atoms in total. The van der Waals surface area contributed by atoms with Crippen molar-refractivity contribution in [3.05, 3.63) is 81.9 Å². The largest absolute Gasteiger partial charge is 0.498 e. The van der Waals surface area contributed by atoms with Gasteiger partial charge in [0.2, 0.25) is 0 Å². The van der Waals surface area contributed by atoms with Crippen LogP contribution >= 0.6 is 7.94 Å². The zero-order chi connectivity index (χ0) is 40.6. The summed E-state index contributed by atoms with van der Waals surface area (Å²) in [5, 5.41) is 4.80. The van der Waals surface area contributed by atoms with E-state index < -0.39 is 7.94 Å². The van der Waals surface area contributed by atoms with Crippen molar-refractivity contribution in [2.24, 2.45) is 0 Å². The number of hydrogen-bond acceptors (Lipinski definition) is 3. The van der Waals surface area contributed by atoms with Gasteiger partial charge in [-0.3, -0.25) is 9.05 Å². The third-order valence-electron chi connectivity index (χ3n) is 11.6. The summed E-state index contributed by atoms with van der Waals surface area (Å²) in [6, 6.07) is 18.7. The van der Waals surface area contributed by atoms with Gasteiger partial charge in [-0.25, -0.2) is 0 Å². The highest BCUT2D eigenvalue weighted by Crippen LogP contribution is 2.65. The molecule has 1 aliphatic carbocycles. The molecule has 1 fully saturated rings. The van der Waals surface area contributed by atoms with Gasteiger partial charge in [0.05, 0.1) is 0 Å². The highest BCUT2D eigenvalue weighted by atomic mass is 31.2. The zero-order valence-electron chi connectivity index (χ0n) is 37.4.